The molecule has 2 rings (SSSR count). The lowest BCUT2D eigenvalue weighted by atomic mass is 10.1. The highest BCUT2D eigenvalue weighted by atomic mass is 16.2. The molecule has 0 aliphatic carbocycles. The number of hydrogen-bond donors (Lipinski definition) is 4. The van der Waals surface area contributed by atoms with Gasteiger partial charge in [0.1, 0.15) is 0 Å². The van der Waals surface area contributed by atoms with Crippen LogP contribution in [0.3, 0.4) is 0 Å². The highest BCUT2D eigenvalue weighted by Crippen LogP contribution is 2.12. The molecule has 0 bridgehead atoms. The van der Waals surface area contributed by atoms with E-state index in [1.165, 1.54) is 16.9 Å². The van der Waals surface area contributed by atoms with Crippen LogP contribution in [0.5, 0.6) is 0 Å². The van der Waals surface area contributed by atoms with Gasteiger partial charge in [-0.25, -0.2) is 4.98 Å². The van der Waals surface area contributed by atoms with Gasteiger partial charge in [0.05, 0.1) is 6.33 Å². The Bertz CT molecular complexity index is 797. The second-order valence-corrected chi connectivity index (χ2v) is 6.68. The molecule has 0 spiro atoms. The Labute approximate surface area is 171 Å². The van der Waals surface area contributed by atoms with E-state index >= 15 is 0 Å². The smallest absolute Gasteiger partial charge is 0.269 e. The van der Waals surface area contributed by atoms with Gasteiger partial charge in [0.2, 0.25) is 5.82 Å². The maximum Gasteiger partial charge on any atom is 0.269 e. The molecule has 0 saturated carbocycles. The monoisotopic (exact) mass is 402 g/mol. The first-order valence-corrected chi connectivity index (χ1v) is 9.21. The number of aromatic nitrogens is 2. The maximum absolute atomic E-state index is 11.7. The lowest BCUT2D eigenvalue weighted by Gasteiger charge is -2.08. The van der Waals surface area contributed by atoms with Crippen molar-refractivity contribution in [1.29, 1.82) is 0 Å². The van der Waals surface area contributed by atoms with Crippen molar-refractivity contribution < 1.29 is 9.59 Å². The van der Waals surface area contributed by atoms with Crippen molar-refractivity contribution in [3.8, 4) is 0 Å². The van der Waals surface area contributed by atoms with Crippen LogP contribution in [0, 0.1) is 0 Å². The molecule has 0 radical (unpaired) electrons. The predicted molar refractivity (Wildman–Crippen MR) is 112 cm³/mol. The molecule has 158 valence electrons. The maximum atomic E-state index is 11.7. The molecule has 2 aromatic rings. The number of nitrogens with one attached hydrogen (secondary N) is 3. The topological polar surface area (TPSA) is 141 Å². The normalized spacial score (nSPS) is 10.6. The first-order chi connectivity index (χ1) is 13.7. The van der Waals surface area contributed by atoms with Crippen molar-refractivity contribution in [1.82, 2.24) is 25.6 Å². The van der Waals surface area contributed by atoms with E-state index in [0.717, 1.165) is 18.5 Å². The number of carbonyl (C=O) groups is 2. The fourth-order valence-electron chi connectivity index (χ4n) is 2.11. The standard InChI is InChI=1S/C13H20N2O.C6H10N6O/c1-10(2)15-13(16)12-6-4-11(5-7-12)8-9-14-3;1-12(2)11-10-6-4(5(7)13)8-3-9-6/h4-7,10,14H,8-9H2,1-3H3,(H,15,16);3H,1-2H3,(H2,7,13)(H,8,9). The van der Waals surface area contributed by atoms with Crippen molar-refractivity contribution in [2.45, 2.75) is 26.3 Å². The van der Waals surface area contributed by atoms with Gasteiger partial charge in [0.15, 0.2) is 5.69 Å². The summed E-state index contributed by atoms with van der Waals surface area (Å²) in [6.45, 7) is 4.87. The Kier molecular flexibility index (Phi) is 10.0. The number of primary amides is 1. The van der Waals surface area contributed by atoms with Gasteiger partial charge in [-0.3, -0.25) is 14.6 Å². The summed E-state index contributed by atoms with van der Waals surface area (Å²) in [5.41, 5.74) is 7.17. The molecule has 1 heterocycles. The van der Waals surface area contributed by atoms with Crippen molar-refractivity contribution in [2.24, 2.45) is 16.1 Å². The summed E-state index contributed by atoms with van der Waals surface area (Å²) in [6.07, 6.45) is 2.33. The molecule has 0 atom stereocenters. The number of benzene rings is 1. The minimum Gasteiger partial charge on any atom is -0.364 e. The summed E-state index contributed by atoms with van der Waals surface area (Å²) >= 11 is 0. The van der Waals surface area contributed by atoms with Gasteiger partial charge in [-0.2, -0.15) is 0 Å². The van der Waals surface area contributed by atoms with Crippen LogP contribution in [0.2, 0.25) is 0 Å². The number of nitrogens with zero attached hydrogens (tertiary/aromatic N) is 4. The van der Waals surface area contributed by atoms with E-state index in [1.807, 2.05) is 45.2 Å². The van der Waals surface area contributed by atoms with Gasteiger partial charge >= 0.3 is 0 Å². The zero-order valence-electron chi connectivity index (χ0n) is 17.6. The van der Waals surface area contributed by atoms with E-state index in [0.29, 0.717) is 0 Å². The van der Waals surface area contributed by atoms with Gasteiger partial charge in [0, 0.05) is 25.7 Å². The largest absolute Gasteiger partial charge is 0.364 e. The number of carbonyl (C=O) groups excluding carboxylic acids is 2. The Morgan fingerprint density at radius 1 is 1.24 bits per heavy atom. The molecule has 5 N–H and O–H groups in total. The van der Waals surface area contributed by atoms with Crippen molar-refractivity contribution in [3.05, 3.63) is 47.4 Å². The Morgan fingerprint density at radius 2 is 1.90 bits per heavy atom. The molecule has 0 saturated heterocycles. The molecular weight excluding hydrogens is 372 g/mol. The Morgan fingerprint density at radius 3 is 2.41 bits per heavy atom. The number of imidazole rings is 1. The first kappa shape index (κ1) is 23.8. The molecule has 1 aromatic carbocycles. The number of hydrogen-bond acceptors (Lipinski definition) is 6. The van der Waals surface area contributed by atoms with Gasteiger partial charge in [-0.15, -0.1) is 5.11 Å². The average molecular weight is 403 g/mol. The van der Waals surface area contributed by atoms with E-state index in [2.05, 4.69) is 30.9 Å². The summed E-state index contributed by atoms with van der Waals surface area (Å²) in [6, 6.07) is 7.95. The van der Waals surface area contributed by atoms with E-state index in [9.17, 15) is 9.59 Å². The Hall–Kier alpha value is -3.27. The predicted octanol–water partition coefficient (Wildman–Crippen LogP) is 1.66. The summed E-state index contributed by atoms with van der Waals surface area (Å²) in [5.74, 6) is -0.415. The number of likely N-dealkylation sites (N-methyl/N-ethyl adjacent to an activating group) is 1. The van der Waals surface area contributed by atoms with E-state index in [-0.39, 0.29) is 23.5 Å². The third-order valence-electron chi connectivity index (χ3n) is 3.48. The van der Waals surface area contributed by atoms with Gasteiger partial charge < -0.3 is 21.4 Å². The number of aromatic amines is 1. The lowest BCUT2D eigenvalue weighted by Crippen LogP contribution is -2.30. The van der Waals surface area contributed by atoms with Crippen LogP contribution in [0.1, 0.15) is 40.3 Å². The van der Waals surface area contributed by atoms with Gasteiger partial charge in [-0.05, 0) is 51.6 Å². The molecule has 10 nitrogen and oxygen atoms in total. The van der Waals surface area contributed by atoms with Crippen LogP contribution in [-0.2, 0) is 6.42 Å². The minimum absolute atomic E-state index is 0.00448. The molecule has 29 heavy (non-hydrogen) atoms. The Balaban J connectivity index is 0.000000296. The lowest BCUT2D eigenvalue weighted by molar-refractivity contribution is 0.0942. The highest BCUT2D eigenvalue weighted by Gasteiger charge is 2.09. The minimum atomic E-state index is -0.606. The first-order valence-electron chi connectivity index (χ1n) is 9.21. The fraction of sp³-hybridized carbons (Fsp3) is 0.421. The second kappa shape index (κ2) is 12.2. The molecule has 2 amide bonds. The molecule has 1 aromatic heterocycles. The molecule has 0 aliphatic heterocycles. The number of rotatable bonds is 8. The summed E-state index contributed by atoms with van der Waals surface area (Å²) < 4.78 is 0. The van der Waals surface area contributed by atoms with Crippen LogP contribution >= 0.6 is 0 Å². The van der Waals surface area contributed by atoms with E-state index in [1.54, 1.807) is 14.1 Å². The zero-order chi connectivity index (χ0) is 21.8. The number of nitrogens with two attached hydrogens (primary N) is 1. The molecular formula is C19H30N8O2. The quantitative estimate of drug-likeness (QED) is 0.392. The van der Waals surface area contributed by atoms with E-state index < -0.39 is 5.91 Å². The van der Waals surface area contributed by atoms with Crippen LogP contribution < -0.4 is 16.4 Å². The molecule has 0 fully saturated rings. The fourth-order valence-corrected chi connectivity index (χ4v) is 2.11. The zero-order valence-corrected chi connectivity index (χ0v) is 17.6. The van der Waals surface area contributed by atoms with Crippen LogP contribution in [0.4, 0.5) is 5.82 Å². The SMILES string of the molecule is CN(C)N=Nc1nc[nH]c1C(N)=O.CNCCc1ccc(C(=O)NC(C)C)cc1. The molecule has 0 aliphatic rings. The average Bonchev–Trinajstić information content (AvgIpc) is 3.14. The van der Waals surface area contributed by atoms with Gasteiger partial charge in [-0.1, -0.05) is 17.4 Å². The molecule has 10 heteroatoms. The summed E-state index contributed by atoms with van der Waals surface area (Å²) in [7, 11) is 5.35. The van der Waals surface area contributed by atoms with E-state index in [4.69, 9.17) is 5.73 Å². The van der Waals surface area contributed by atoms with Crippen molar-refractivity contribution >= 4 is 17.6 Å². The van der Waals surface area contributed by atoms with Crippen molar-refractivity contribution in [3.63, 3.8) is 0 Å². The van der Waals surface area contributed by atoms with Crippen molar-refractivity contribution in [2.75, 3.05) is 27.7 Å². The molecule has 0 unspecified atom stereocenters. The third-order valence-corrected chi connectivity index (χ3v) is 3.48. The summed E-state index contributed by atoms with van der Waals surface area (Å²) in [5, 5.41) is 14.8. The number of H-pyrrole nitrogens is 1. The van der Waals surface area contributed by atoms with Crippen LogP contribution in [0.25, 0.3) is 0 Å². The third kappa shape index (κ3) is 8.98. The highest BCUT2D eigenvalue weighted by molar-refractivity contribution is 5.95. The second-order valence-electron chi connectivity index (χ2n) is 6.68. The number of amides is 2. The summed E-state index contributed by atoms with van der Waals surface area (Å²) in [4.78, 5) is 28.8. The van der Waals surface area contributed by atoms with Crippen LogP contribution in [-0.4, -0.2) is 60.5 Å². The van der Waals surface area contributed by atoms with Gasteiger partial charge in [0.25, 0.3) is 11.8 Å². The van der Waals surface area contributed by atoms with Crippen LogP contribution in [0.15, 0.2) is 40.9 Å².